The van der Waals surface area contributed by atoms with E-state index < -0.39 is 6.04 Å². The third-order valence-electron chi connectivity index (χ3n) is 7.12. The van der Waals surface area contributed by atoms with Gasteiger partial charge in [-0.25, -0.2) is 4.68 Å². The van der Waals surface area contributed by atoms with Crippen molar-refractivity contribution in [3.63, 3.8) is 0 Å². The summed E-state index contributed by atoms with van der Waals surface area (Å²) in [7, 11) is 1.62. The molecule has 1 aromatic heterocycles. The van der Waals surface area contributed by atoms with E-state index in [1.807, 2.05) is 63.2 Å². The number of anilines is 2. The summed E-state index contributed by atoms with van der Waals surface area (Å²) in [5.41, 5.74) is 7.26. The van der Waals surface area contributed by atoms with Crippen LogP contribution in [0.4, 0.5) is 11.6 Å². The van der Waals surface area contributed by atoms with E-state index in [4.69, 9.17) is 19.6 Å². The van der Waals surface area contributed by atoms with E-state index in [1.165, 1.54) is 5.56 Å². The Hall–Kier alpha value is -4.24. The molecule has 1 unspecified atom stereocenters. The average molecular weight is 584 g/mol. The van der Waals surface area contributed by atoms with Gasteiger partial charge >= 0.3 is 0 Å². The SMILES string of the molecule is CCCSc1nc2n(n1)C(c1ccc(OCc3cccc(C)c3)c(OC)c1)C(C(=O)Nc1ccc(C)cc1C)=C(C)N2. The number of methoxy groups -OCH3 is 1. The van der Waals surface area contributed by atoms with Crippen molar-refractivity contribution in [2.24, 2.45) is 0 Å². The minimum atomic E-state index is -0.532. The van der Waals surface area contributed by atoms with Crippen molar-refractivity contribution in [3.8, 4) is 11.5 Å². The maximum Gasteiger partial charge on any atom is 0.255 e. The highest BCUT2D eigenvalue weighted by Crippen LogP contribution is 2.40. The molecule has 0 radical (unpaired) electrons. The van der Waals surface area contributed by atoms with Gasteiger partial charge in [-0.2, -0.15) is 4.98 Å². The summed E-state index contributed by atoms with van der Waals surface area (Å²) in [6, 6.07) is 19.5. The minimum Gasteiger partial charge on any atom is -0.493 e. The average Bonchev–Trinajstić information content (AvgIpc) is 3.37. The molecule has 3 aromatic carbocycles. The third-order valence-corrected chi connectivity index (χ3v) is 8.17. The molecule has 0 spiro atoms. The molecule has 0 saturated heterocycles. The number of fused-ring (bicyclic) bond motifs is 1. The zero-order valence-corrected chi connectivity index (χ0v) is 25.8. The summed E-state index contributed by atoms with van der Waals surface area (Å²) >= 11 is 1.60. The number of hydrogen-bond acceptors (Lipinski definition) is 7. The van der Waals surface area contributed by atoms with Gasteiger partial charge in [-0.1, -0.05) is 72.3 Å². The van der Waals surface area contributed by atoms with Crippen molar-refractivity contribution in [2.45, 2.75) is 58.8 Å². The van der Waals surface area contributed by atoms with Gasteiger partial charge in [0.25, 0.3) is 5.91 Å². The van der Waals surface area contributed by atoms with Crippen molar-refractivity contribution in [2.75, 3.05) is 23.5 Å². The standard InChI is InChI=1S/C33H37N5O3S/c1-7-15-42-33-36-32-34-23(5)29(31(39)35-26-13-11-21(3)16-22(26)4)30(38(32)37-33)25-12-14-27(28(18-25)40-6)41-19-24-10-8-9-20(2)17-24/h8-14,16-18,30H,7,15,19H2,1-6H3,(H,35,39)(H,34,36,37). The molecular weight excluding hydrogens is 546 g/mol. The smallest absolute Gasteiger partial charge is 0.255 e. The Morgan fingerprint density at radius 2 is 1.83 bits per heavy atom. The number of benzene rings is 3. The molecule has 2 N–H and O–H groups in total. The highest BCUT2D eigenvalue weighted by molar-refractivity contribution is 7.99. The zero-order chi connectivity index (χ0) is 29.8. The van der Waals surface area contributed by atoms with Crippen molar-refractivity contribution < 1.29 is 14.3 Å². The Balaban J connectivity index is 1.52. The normalized spacial score (nSPS) is 14.3. The number of aromatic nitrogens is 3. The second-order valence-electron chi connectivity index (χ2n) is 10.5. The van der Waals surface area contributed by atoms with E-state index in [-0.39, 0.29) is 5.91 Å². The highest BCUT2D eigenvalue weighted by Gasteiger charge is 2.35. The van der Waals surface area contributed by atoms with Gasteiger partial charge in [0.15, 0.2) is 11.5 Å². The van der Waals surface area contributed by atoms with Gasteiger partial charge in [0.05, 0.1) is 12.7 Å². The number of hydrogen-bond donors (Lipinski definition) is 2. The van der Waals surface area contributed by atoms with Gasteiger partial charge < -0.3 is 20.1 Å². The number of aryl methyl sites for hydroxylation is 3. The fourth-order valence-corrected chi connectivity index (χ4v) is 5.75. The molecule has 4 aromatic rings. The molecule has 42 heavy (non-hydrogen) atoms. The predicted octanol–water partition coefficient (Wildman–Crippen LogP) is 7.22. The van der Waals surface area contributed by atoms with Crippen molar-refractivity contribution in [1.82, 2.24) is 14.8 Å². The Labute approximate surface area is 251 Å². The number of thioether (sulfide) groups is 1. The monoisotopic (exact) mass is 583 g/mol. The fraction of sp³-hybridized carbons (Fsp3) is 0.303. The molecule has 8 nitrogen and oxygen atoms in total. The van der Waals surface area contributed by atoms with E-state index in [1.54, 1.807) is 23.6 Å². The molecule has 1 atom stereocenters. The maximum atomic E-state index is 14.0. The van der Waals surface area contributed by atoms with Crippen LogP contribution in [0.2, 0.25) is 0 Å². The molecule has 218 valence electrons. The summed E-state index contributed by atoms with van der Waals surface area (Å²) in [5, 5.41) is 11.9. The number of allylic oxidation sites excluding steroid dienone is 1. The number of ether oxygens (including phenoxy) is 2. The Morgan fingerprint density at radius 1 is 1.02 bits per heavy atom. The second kappa shape index (κ2) is 12.7. The molecule has 5 rings (SSSR count). The number of nitrogens with zero attached hydrogens (tertiary/aromatic N) is 3. The lowest BCUT2D eigenvalue weighted by Gasteiger charge is -2.29. The first-order valence-corrected chi connectivity index (χ1v) is 15.1. The van der Waals surface area contributed by atoms with E-state index in [0.717, 1.165) is 40.1 Å². The lowest BCUT2D eigenvalue weighted by Crippen LogP contribution is -2.31. The molecule has 0 saturated carbocycles. The first-order chi connectivity index (χ1) is 20.3. The van der Waals surface area contributed by atoms with Crippen LogP contribution in [0.3, 0.4) is 0 Å². The molecule has 1 amide bonds. The summed E-state index contributed by atoms with van der Waals surface area (Å²) in [6.07, 6.45) is 1.01. The summed E-state index contributed by atoms with van der Waals surface area (Å²) in [4.78, 5) is 18.7. The third kappa shape index (κ3) is 6.31. The van der Waals surface area contributed by atoms with Gasteiger partial charge in [0.2, 0.25) is 11.1 Å². The topological polar surface area (TPSA) is 90.3 Å². The molecule has 1 aliphatic rings. The van der Waals surface area contributed by atoms with Gasteiger partial charge in [-0.05, 0) is 69.0 Å². The Bertz CT molecular complexity index is 1640. The zero-order valence-electron chi connectivity index (χ0n) is 24.9. The molecule has 0 aliphatic carbocycles. The van der Waals surface area contributed by atoms with E-state index >= 15 is 0 Å². The number of amides is 1. The van der Waals surface area contributed by atoms with Crippen molar-refractivity contribution in [3.05, 3.63) is 99.8 Å². The Morgan fingerprint density at radius 3 is 2.57 bits per heavy atom. The van der Waals surface area contributed by atoms with Crippen LogP contribution in [0.5, 0.6) is 11.5 Å². The van der Waals surface area contributed by atoms with Crippen LogP contribution in [0.1, 0.15) is 54.1 Å². The van der Waals surface area contributed by atoms with E-state index in [0.29, 0.717) is 40.5 Å². The summed E-state index contributed by atoms with van der Waals surface area (Å²) in [6.45, 7) is 10.5. The van der Waals surface area contributed by atoms with Gasteiger partial charge in [0, 0.05) is 17.1 Å². The Kier molecular flexibility index (Phi) is 8.87. The van der Waals surface area contributed by atoms with Crippen LogP contribution in [0, 0.1) is 20.8 Å². The van der Waals surface area contributed by atoms with Gasteiger partial charge in [-0.3, -0.25) is 4.79 Å². The van der Waals surface area contributed by atoms with Crippen LogP contribution in [-0.4, -0.2) is 33.5 Å². The molecular formula is C33H37N5O3S. The summed E-state index contributed by atoms with van der Waals surface area (Å²) < 4.78 is 13.7. The van der Waals surface area contributed by atoms with E-state index in [2.05, 4.69) is 42.7 Å². The number of carbonyl (C=O) groups excluding carboxylic acids is 1. The number of nitrogens with one attached hydrogen (secondary N) is 2. The molecule has 9 heteroatoms. The first-order valence-electron chi connectivity index (χ1n) is 14.1. The molecule has 1 aliphatic heterocycles. The van der Waals surface area contributed by atoms with Crippen molar-refractivity contribution >= 4 is 29.3 Å². The number of rotatable bonds is 10. The lowest BCUT2D eigenvalue weighted by molar-refractivity contribution is -0.113. The lowest BCUT2D eigenvalue weighted by atomic mass is 9.94. The van der Waals surface area contributed by atoms with Crippen molar-refractivity contribution in [1.29, 1.82) is 0 Å². The molecule has 0 bridgehead atoms. The first kappa shape index (κ1) is 29.3. The minimum absolute atomic E-state index is 0.209. The van der Waals surface area contributed by atoms with Crippen LogP contribution in [0.15, 0.2) is 77.1 Å². The van der Waals surface area contributed by atoms with Crippen LogP contribution < -0.4 is 20.1 Å². The highest BCUT2D eigenvalue weighted by atomic mass is 32.2. The second-order valence-corrected chi connectivity index (χ2v) is 11.6. The van der Waals surface area contributed by atoms with Gasteiger partial charge in [-0.15, -0.1) is 5.10 Å². The van der Waals surface area contributed by atoms with Crippen LogP contribution in [0.25, 0.3) is 0 Å². The quantitative estimate of drug-likeness (QED) is 0.191. The van der Waals surface area contributed by atoms with Gasteiger partial charge in [0.1, 0.15) is 12.6 Å². The maximum absolute atomic E-state index is 14.0. The predicted molar refractivity (Wildman–Crippen MR) is 169 cm³/mol. The van der Waals surface area contributed by atoms with E-state index in [9.17, 15) is 4.79 Å². The van der Waals surface area contributed by atoms with Crippen LogP contribution >= 0.6 is 11.8 Å². The molecule has 2 heterocycles. The fourth-order valence-electron chi connectivity index (χ4n) is 5.07. The summed E-state index contributed by atoms with van der Waals surface area (Å²) in [5.74, 6) is 2.49. The van der Waals surface area contributed by atoms with Crippen LogP contribution in [-0.2, 0) is 11.4 Å². The number of carbonyl (C=O) groups is 1. The molecule has 0 fully saturated rings. The largest absolute Gasteiger partial charge is 0.493 e.